The number of carbonyl (C=O) groups is 3. The summed E-state index contributed by atoms with van der Waals surface area (Å²) < 4.78 is 4.80. The lowest BCUT2D eigenvalue weighted by Crippen LogP contribution is -2.34. The summed E-state index contributed by atoms with van der Waals surface area (Å²) in [6.45, 7) is 5.40. The SMILES string of the molecule is CCOC(=O)c1cc(C(=O)NCCC(=O)NC(C)C)cc([N+](=O)[O-])c1. The van der Waals surface area contributed by atoms with E-state index >= 15 is 0 Å². The number of carbonyl (C=O) groups excluding carboxylic acids is 3. The highest BCUT2D eigenvalue weighted by Crippen LogP contribution is 2.18. The second-order valence-electron chi connectivity index (χ2n) is 5.47. The average molecular weight is 351 g/mol. The summed E-state index contributed by atoms with van der Waals surface area (Å²) in [5.74, 6) is -1.59. The minimum atomic E-state index is -0.753. The van der Waals surface area contributed by atoms with Gasteiger partial charge in [-0.05, 0) is 26.8 Å². The number of esters is 1. The molecule has 1 aromatic carbocycles. The number of hydrogen-bond acceptors (Lipinski definition) is 6. The molecule has 0 saturated heterocycles. The molecule has 1 aromatic rings. The van der Waals surface area contributed by atoms with Crippen LogP contribution < -0.4 is 10.6 Å². The van der Waals surface area contributed by atoms with Gasteiger partial charge in [-0.3, -0.25) is 19.7 Å². The first-order valence-corrected chi connectivity index (χ1v) is 7.78. The van der Waals surface area contributed by atoms with Crippen LogP contribution in [0.25, 0.3) is 0 Å². The summed E-state index contributed by atoms with van der Waals surface area (Å²) in [5.41, 5.74) is -0.534. The van der Waals surface area contributed by atoms with Crippen LogP contribution in [-0.4, -0.2) is 41.9 Å². The van der Waals surface area contributed by atoms with Crippen molar-refractivity contribution in [2.75, 3.05) is 13.2 Å². The maximum atomic E-state index is 12.1. The van der Waals surface area contributed by atoms with E-state index < -0.39 is 22.5 Å². The van der Waals surface area contributed by atoms with E-state index in [9.17, 15) is 24.5 Å². The number of nitro benzene ring substituents is 1. The summed E-state index contributed by atoms with van der Waals surface area (Å²) in [6.07, 6.45) is 0.0730. The van der Waals surface area contributed by atoms with Crippen molar-refractivity contribution < 1.29 is 24.0 Å². The van der Waals surface area contributed by atoms with Gasteiger partial charge in [0.25, 0.3) is 11.6 Å². The number of benzene rings is 1. The van der Waals surface area contributed by atoms with Crippen LogP contribution in [0, 0.1) is 10.1 Å². The molecule has 136 valence electrons. The van der Waals surface area contributed by atoms with Gasteiger partial charge in [-0.2, -0.15) is 0 Å². The molecule has 25 heavy (non-hydrogen) atoms. The fourth-order valence-electron chi connectivity index (χ4n) is 1.97. The molecule has 0 aliphatic heterocycles. The summed E-state index contributed by atoms with van der Waals surface area (Å²) in [5, 5.41) is 16.2. The van der Waals surface area contributed by atoms with Crippen LogP contribution >= 0.6 is 0 Å². The van der Waals surface area contributed by atoms with Crippen molar-refractivity contribution in [3.05, 3.63) is 39.4 Å². The first kappa shape index (κ1) is 20.1. The smallest absolute Gasteiger partial charge is 0.338 e. The zero-order valence-electron chi connectivity index (χ0n) is 14.3. The maximum Gasteiger partial charge on any atom is 0.338 e. The highest BCUT2D eigenvalue weighted by molar-refractivity contribution is 5.99. The molecule has 1 rings (SSSR count). The molecule has 2 N–H and O–H groups in total. The fraction of sp³-hybridized carbons (Fsp3) is 0.438. The summed E-state index contributed by atoms with van der Waals surface area (Å²) >= 11 is 0. The Morgan fingerprint density at radius 2 is 1.84 bits per heavy atom. The van der Waals surface area contributed by atoms with Crippen LogP contribution in [0.5, 0.6) is 0 Å². The first-order chi connectivity index (χ1) is 11.7. The second-order valence-corrected chi connectivity index (χ2v) is 5.47. The van der Waals surface area contributed by atoms with Gasteiger partial charge in [-0.1, -0.05) is 0 Å². The van der Waals surface area contributed by atoms with Gasteiger partial charge in [0, 0.05) is 36.7 Å². The van der Waals surface area contributed by atoms with Gasteiger partial charge in [-0.25, -0.2) is 4.79 Å². The van der Waals surface area contributed by atoms with Gasteiger partial charge < -0.3 is 15.4 Å². The van der Waals surface area contributed by atoms with Crippen LogP contribution in [0.2, 0.25) is 0 Å². The Labute approximate surface area is 144 Å². The molecule has 2 amide bonds. The van der Waals surface area contributed by atoms with E-state index in [1.165, 1.54) is 6.07 Å². The molecule has 0 fully saturated rings. The van der Waals surface area contributed by atoms with Crippen LogP contribution in [0.4, 0.5) is 5.69 Å². The van der Waals surface area contributed by atoms with Crippen molar-refractivity contribution in [2.24, 2.45) is 0 Å². The van der Waals surface area contributed by atoms with Crippen LogP contribution in [0.15, 0.2) is 18.2 Å². The lowest BCUT2D eigenvalue weighted by Gasteiger charge is -2.09. The number of hydrogen-bond donors (Lipinski definition) is 2. The van der Waals surface area contributed by atoms with Crippen molar-refractivity contribution in [3.63, 3.8) is 0 Å². The van der Waals surface area contributed by atoms with Crippen molar-refractivity contribution in [1.29, 1.82) is 0 Å². The van der Waals surface area contributed by atoms with Gasteiger partial charge >= 0.3 is 5.97 Å². The van der Waals surface area contributed by atoms with Crippen molar-refractivity contribution in [1.82, 2.24) is 10.6 Å². The molecular weight excluding hydrogens is 330 g/mol. The standard InChI is InChI=1S/C16H21N3O6/c1-4-25-16(22)12-7-11(8-13(9-12)19(23)24)15(21)17-6-5-14(20)18-10(2)3/h7-10H,4-6H2,1-3H3,(H,17,21)(H,18,20). The van der Waals surface area contributed by atoms with E-state index in [1.807, 2.05) is 13.8 Å². The third-order valence-electron chi connectivity index (χ3n) is 2.99. The van der Waals surface area contributed by atoms with Crippen molar-refractivity contribution in [3.8, 4) is 0 Å². The van der Waals surface area contributed by atoms with Gasteiger partial charge in [0.05, 0.1) is 17.1 Å². The lowest BCUT2D eigenvalue weighted by atomic mass is 10.1. The Hall–Kier alpha value is -2.97. The molecule has 0 aliphatic carbocycles. The highest BCUT2D eigenvalue weighted by Gasteiger charge is 2.18. The number of amides is 2. The molecule has 0 bridgehead atoms. The number of ether oxygens (including phenoxy) is 1. The number of nitrogens with one attached hydrogen (secondary N) is 2. The minimum Gasteiger partial charge on any atom is -0.462 e. The van der Waals surface area contributed by atoms with Crippen LogP contribution in [0.1, 0.15) is 47.9 Å². The number of non-ortho nitro benzene ring substituents is 1. The third-order valence-corrected chi connectivity index (χ3v) is 2.99. The van der Waals surface area contributed by atoms with E-state index in [0.717, 1.165) is 12.1 Å². The Balaban J connectivity index is 2.84. The zero-order valence-corrected chi connectivity index (χ0v) is 14.3. The van der Waals surface area contributed by atoms with Crippen molar-refractivity contribution >= 4 is 23.5 Å². The normalized spacial score (nSPS) is 10.2. The first-order valence-electron chi connectivity index (χ1n) is 7.78. The Kier molecular flexibility index (Phi) is 7.51. The predicted octanol–water partition coefficient (Wildman–Crippen LogP) is 1.42. The van der Waals surface area contributed by atoms with Crippen LogP contribution in [0.3, 0.4) is 0 Å². The monoisotopic (exact) mass is 351 g/mol. The van der Waals surface area contributed by atoms with Gasteiger partial charge in [0.2, 0.25) is 5.91 Å². The van der Waals surface area contributed by atoms with E-state index in [2.05, 4.69) is 10.6 Å². The molecule has 9 nitrogen and oxygen atoms in total. The number of nitro groups is 1. The molecular formula is C16H21N3O6. The minimum absolute atomic E-state index is 0.00730. The van der Waals surface area contributed by atoms with Gasteiger partial charge in [0.1, 0.15) is 0 Å². The number of nitrogens with zero attached hydrogens (tertiary/aromatic N) is 1. The summed E-state index contributed by atoms with van der Waals surface area (Å²) in [7, 11) is 0. The molecule has 0 saturated carbocycles. The molecule has 0 unspecified atom stereocenters. The van der Waals surface area contributed by atoms with Crippen LogP contribution in [-0.2, 0) is 9.53 Å². The molecule has 0 atom stereocenters. The largest absolute Gasteiger partial charge is 0.462 e. The van der Waals surface area contributed by atoms with E-state index in [1.54, 1.807) is 6.92 Å². The summed E-state index contributed by atoms with van der Waals surface area (Å²) in [4.78, 5) is 45.7. The number of rotatable bonds is 8. The Morgan fingerprint density at radius 3 is 2.40 bits per heavy atom. The molecule has 0 aliphatic rings. The quantitative estimate of drug-likeness (QED) is 0.414. The van der Waals surface area contributed by atoms with E-state index in [0.29, 0.717) is 0 Å². The second kappa shape index (κ2) is 9.36. The fourth-order valence-corrected chi connectivity index (χ4v) is 1.97. The third kappa shape index (κ3) is 6.58. The molecule has 9 heteroatoms. The lowest BCUT2D eigenvalue weighted by molar-refractivity contribution is -0.384. The van der Waals surface area contributed by atoms with Gasteiger partial charge in [-0.15, -0.1) is 0 Å². The molecule has 0 aromatic heterocycles. The molecule has 0 spiro atoms. The highest BCUT2D eigenvalue weighted by atomic mass is 16.6. The Bertz CT molecular complexity index is 672. The maximum absolute atomic E-state index is 12.1. The van der Waals surface area contributed by atoms with E-state index in [4.69, 9.17) is 4.74 Å². The predicted molar refractivity (Wildman–Crippen MR) is 89.3 cm³/mol. The topological polar surface area (TPSA) is 128 Å². The zero-order chi connectivity index (χ0) is 19.0. The van der Waals surface area contributed by atoms with Crippen molar-refractivity contribution in [2.45, 2.75) is 33.2 Å². The van der Waals surface area contributed by atoms with Gasteiger partial charge in [0.15, 0.2) is 0 Å². The molecule has 0 heterocycles. The Morgan fingerprint density at radius 1 is 1.20 bits per heavy atom. The molecule has 0 radical (unpaired) electrons. The average Bonchev–Trinajstić information content (AvgIpc) is 2.53. The van der Waals surface area contributed by atoms with E-state index in [-0.39, 0.29) is 42.6 Å². The summed E-state index contributed by atoms with van der Waals surface area (Å²) in [6, 6.07) is 3.32.